The first-order valence-corrected chi connectivity index (χ1v) is 11.1. The zero-order valence-electron chi connectivity index (χ0n) is 17.8. The Hall–Kier alpha value is -3.61. The lowest BCUT2D eigenvalue weighted by atomic mass is 10.1. The Labute approximate surface area is 186 Å². The number of rotatable bonds is 7. The summed E-state index contributed by atoms with van der Waals surface area (Å²) < 4.78 is 1.43. The first-order valence-electron chi connectivity index (χ1n) is 11.1. The number of hydrogen-bond acceptors (Lipinski definition) is 4. The summed E-state index contributed by atoms with van der Waals surface area (Å²) in [4.78, 5) is 24.8. The van der Waals surface area contributed by atoms with E-state index in [1.54, 1.807) is 12.1 Å². The number of phenols is 1. The number of phenolic OH excluding ortho intramolecular Hbond substituents is 1. The van der Waals surface area contributed by atoms with E-state index in [1.165, 1.54) is 10.7 Å². The van der Waals surface area contributed by atoms with Crippen LogP contribution in [0.2, 0.25) is 0 Å². The minimum Gasteiger partial charge on any atom is -0.507 e. The number of carbonyl (C=O) groups is 2. The van der Waals surface area contributed by atoms with Crippen LogP contribution in [0.1, 0.15) is 42.9 Å². The summed E-state index contributed by atoms with van der Waals surface area (Å²) >= 11 is 0. The Balaban J connectivity index is 1.31. The zero-order chi connectivity index (χ0) is 22.1. The van der Waals surface area contributed by atoms with Gasteiger partial charge in [-0.2, -0.15) is 9.78 Å². The van der Waals surface area contributed by atoms with Crippen LogP contribution in [0.3, 0.4) is 0 Å². The molecule has 0 aliphatic heterocycles. The van der Waals surface area contributed by atoms with E-state index in [0.29, 0.717) is 29.4 Å². The number of amides is 2. The highest BCUT2D eigenvalue weighted by Crippen LogP contribution is 2.42. The standard InChI is InChI=1S/C25H26N4O3/c30-23-14-19(27-24(31)18-8-9-18)10-11-20(23)21-15-22(17-6-7-17)29(28-21)25(32)26-13-12-16-4-2-1-3-5-16/h1-5,10-11,14-15,17-18,30H,6-9,12-13H2,(H,26,32)(H,27,31). The lowest BCUT2D eigenvalue weighted by Gasteiger charge is -2.08. The third-order valence-electron chi connectivity index (χ3n) is 5.95. The Morgan fingerprint density at radius 1 is 1.03 bits per heavy atom. The molecule has 1 heterocycles. The fourth-order valence-corrected chi connectivity index (χ4v) is 3.81. The van der Waals surface area contributed by atoms with E-state index in [2.05, 4.69) is 15.7 Å². The molecule has 0 bridgehead atoms. The molecule has 2 aliphatic carbocycles. The Morgan fingerprint density at radius 2 is 1.81 bits per heavy atom. The van der Waals surface area contributed by atoms with Gasteiger partial charge in [-0.1, -0.05) is 30.3 Å². The first kappa shape index (κ1) is 20.3. The number of benzene rings is 2. The average Bonchev–Trinajstić information content (AvgIpc) is 3.72. The summed E-state index contributed by atoms with van der Waals surface area (Å²) in [7, 11) is 0. The lowest BCUT2D eigenvalue weighted by Crippen LogP contribution is -2.32. The van der Waals surface area contributed by atoms with Crippen molar-refractivity contribution in [2.24, 2.45) is 5.92 Å². The van der Waals surface area contributed by atoms with E-state index >= 15 is 0 Å². The van der Waals surface area contributed by atoms with Crippen LogP contribution in [0.25, 0.3) is 11.3 Å². The molecule has 0 radical (unpaired) electrons. The van der Waals surface area contributed by atoms with Crippen molar-refractivity contribution in [2.75, 3.05) is 11.9 Å². The molecule has 32 heavy (non-hydrogen) atoms. The molecule has 2 aromatic carbocycles. The third-order valence-corrected chi connectivity index (χ3v) is 5.95. The number of nitrogens with zero attached hydrogens (tertiary/aromatic N) is 2. The third kappa shape index (κ3) is 4.51. The molecule has 164 valence electrons. The number of nitrogens with one attached hydrogen (secondary N) is 2. The minimum absolute atomic E-state index is 0.00961. The van der Waals surface area contributed by atoms with Crippen LogP contribution in [0, 0.1) is 5.92 Å². The van der Waals surface area contributed by atoms with Crippen LogP contribution in [-0.2, 0) is 11.2 Å². The van der Waals surface area contributed by atoms with Gasteiger partial charge in [0, 0.05) is 35.7 Å². The van der Waals surface area contributed by atoms with E-state index in [9.17, 15) is 14.7 Å². The molecule has 0 atom stereocenters. The van der Waals surface area contributed by atoms with Crippen LogP contribution in [0.15, 0.2) is 54.6 Å². The van der Waals surface area contributed by atoms with Crippen molar-refractivity contribution in [1.29, 1.82) is 0 Å². The molecular formula is C25H26N4O3. The van der Waals surface area contributed by atoms with Gasteiger partial charge in [-0.25, -0.2) is 4.79 Å². The maximum Gasteiger partial charge on any atom is 0.342 e. The van der Waals surface area contributed by atoms with Crippen molar-refractivity contribution < 1.29 is 14.7 Å². The van der Waals surface area contributed by atoms with Crippen molar-refractivity contribution in [3.05, 3.63) is 65.9 Å². The van der Waals surface area contributed by atoms with E-state index in [-0.39, 0.29) is 23.6 Å². The molecule has 1 aromatic heterocycles. The van der Waals surface area contributed by atoms with E-state index in [0.717, 1.165) is 43.4 Å². The maximum atomic E-state index is 12.8. The van der Waals surface area contributed by atoms with Crippen molar-refractivity contribution in [3.63, 3.8) is 0 Å². The first-order chi connectivity index (χ1) is 15.6. The Kier molecular flexibility index (Phi) is 5.39. The molecular weight excluding hydrogens is 404 g/mol. The van der Waals surface area contributed by atoms with Gasteiger partial charge in [0.05, 0.1) is 11.4 Å². The SMILES string of the molecule is O=C(Nc1ccc(-c2cc(C3CC3)n(C(=O)NCCc3ccccc3)n2)c(O)c1)C1CC1. The molecule has 2 saturated carbocycles. The topological polar surface area (TPSA) is 96.3 Å². The van der Waals surface area contributed by atoms with Crippen LogP contribution in [-0.4, -0.2) is 33.4 Å². The van der Waals surface area contributed by atoms with Crippen LogP contribution >= 0.6 is 0 Å². The smallest absolute Gasteiger partial charge is 0.342 e. The summed E-state index contributed by atoms with van der Waals surface area (Å²) in [5.74, 6) is 0.420. The normalized spacial score (nSPS) is 15.4. The molecule has 0 unspecified atom stereocenters. The van der Waals surface area contributed by atoms with Crippen LogP contribution in [0.5, 0.6) is 5.75 Å². The van der Waals surface area contributed by atoms with Gasteiger partial charge >= 0.3 is 6.03 Å². The predicted molar refractivity (Wildman–Crippen MR) is 122 cm³/mol. The number of aromatic hydroxyl groups is 1. The molecule has 0 saturated heterocycles. The zero-order valence-corrected chi connectivity index (χ0v) is 17.8. The highest BCUT2D eigenvalue weighted by molar-refractivity contribution is 5.94. The average molecular weight is 431 g/mol. The number of anilines is 1. The molecule has 0 spiro atoms. The quantitative estimate of drug-likeness (QED) is 0.521. The number of aromatic nitrogens is 2. The molecule has 3 N–H and O–H groups in total. The van der Waals surface area contributed by atoms with Crippen molar-refractivity contribution in [2.45, 2.75) is 38.0 Å². The van der Waals surface area contributed by atoms with Gasteiger partial charge in [0.25, 0.3) is 0 Å². The van der Waals surface area contributed by atoms with Crippen molar-refractivity contribution >= 4 is 17.6 Å². The molecule has 7 heteroatoms. The monoisotopic (exact) mass is 430 g/mol. The summed E-state index contributed by atoms with van der Waals surface area (Å²) in [6.45, 7) is 0.517. The molecule has 2 amide bonds. The second-order valence-electron chi connectivity index (χ2n) is 8.60. The fourth-order valence-electron chi connectivity index (χ4n) is 3.81. The van der Waals surface area contributed by atoms with Crippen LogP contribution < -0.4 is 10.6 Å². The molecule has 7 nitrogen and oxygen atoms in total. The largest absolute Gasteiger partial charge is 0.507 e. The van der Waals surface area contributed by atoms with Crippen molar-refractivity contribution in [1.82, 2.24) is 15.1 Å². The second kappa shape index (κ2) is 8.49. The second-order valence-corrected chi connectivity index (χ2v) is 8.60. The Morgan fingerprint density at radius 3 is 2.50 bits per heavy atom. The molecule has 5 rings (SSSR count). The summed E-state index contributed by atoms with van der Waals surface area (Å²) in [6, 6.07) is 16.6. The lowest BCUT2D eigenvalue weighted by molar-refractivity contribution is -0.117. The number of carbonyl (C=O) groups excluding carboxylic acids is 2. The Bertz CT molecular complexity index is 1150. The van der Waals surface area contributed by atoms with Gasteiger partial charge in [0.15, 0.2) is 0 Å². The van der Waals surface area contributed by atoms with Crippen LogP contribution in [0.4, 0.5) is 10.5 Å². The van der Waals surface area contributed by atoms with Gasteiger partial charge in [-0.15, -0.1) is 0 Å². The summed E-state index contributed by atoms with van der Waals surface area (Å²) in [5, 5.41) is 20.9. The predicted octanol–water partition coefficient (Wildman–Crippen LogP) is 4.28. The summed E-state index contributed by atoms with van der Waals surface area (Å²) in [5.41, 5.74) is 3.66. The van der Waals surface area contributed by atoms with Gasteiger partial charge in [-0.3, -0.25) is 4.79 Å². The van der Waals surface area contributed by atoms with E-state index in [4.69, 9.17) is 0 Å². The van der Waals surface area contributed by atoms with Gasteiger partial charge in [-0.05, 0) is 55.9 Å². The van der Waals surface area contributed by atoms with Gasteiger partial charge in [0.1, 0.15) is 5.75 Å². The summed E-state index contributed by atoms with van der Waals surface area (Å²) in [6.07, 6.45) is 4.64. The van der Waals surface area contributed by atoms with E-state index in [1.807, 2.05) is 36.4 Å². The molecule has 3 aromatic rings. The maximum absolute atomic E-state index is 12.8. The fraction of sp³-hybridized carbons (Fsp3) is 0.320. The van der Waals surface area contributed by atoms with Gasteiger partial charge < -0.3 is 15.7 Å². The molecule has 2 fully saturated rings. The van der Waals surface area contributed by atoms with E-state index < -0.39 is 0 Å². The molecule has 2 aliphatic rings. The minimum atomic E-state index is -0.262. The van der Waals surface area contributed by atoms with Crippen molar-refractivity contribution in [3.8, 4) is 17.0 Å². The van der Waals surface area contributed by atoms with Gasteiger partial charge in [0.2, 0.25) is 5.91 Å². The highest BCUT2D eigenvalue weighted by atomic mass is 16.3. The number of hydrogen-bond donors (Lipinski definition) is 3. The highest BCUT2D eigenvalue weighted by Gasteiger charge is 2.31.